The van der Waals surface area contributed by atoms with Crippen molar-refractivity contribution < 1.29 is 4.52 Å². The molecule has 0 fully saturated rings. The molecule has 0 saturated heterocycles. The van der Waals surface area contributed by atoms with Gasteiger partial charge in [-0.2, -0.15) is 0 Å². The number of aromatic nitrogens is 2. The molecule has 1 heterocycles. The van der Waals surface area contributed by atoms with Crippen LogP contribution in [0.3, 0.4) is 0 Å². The molecule has 1 aromatic rings. The molecule has 1 radical (unpaired) electrons. The Hall–Kier alpha value is -0.860. The lowest BCUT2D eigenvalue weighted by Crippen LogP contribution is -1.80. The van der Waals surface area contributed by atoms with Gasteiger partial charge in [0, 0.05) is 11.7 Å². The molecule has 0 spiro atoms. The van der Waals surface area contributed by atoms with Crippen molar-refractivity contribution in [1.29, 1.82) is 0 Å². The summed E-state index contributed by atoms with van der Waals surface area (Å²) in [5, 5.41) is 6.93. The largest absolute Gasteiger partial charge is 0.342 e. The predicted molar refractivity (Wildman–Crippen MR) is 37.2 cm³/mol. The number of aryl methyl sites for hydroxylation is 1. The van der Waals surface area contributed by atoms with E-state index in [2.05, 4.69) is 17.3 Å². The van der Waals surface area contributed by atoms with Crippen LogP contribution in [-0.4, -0.2) is 10.4 Å². The minimum atomic E-state index is 0.869. The van der Waals surface area contributed by atoms with Crippen molar-refractivity contribution in [3.05, 3.63) is 18.9 Å². The first kappa shape index (κ1) is 7.25. The minimum Gasteiger partial charge on any atom is -0.342 e. The molecule has 0 aliphatic rings. The Bertz CT molecular complexity index is 160. The number of nitrogens with zero attached hydrogens (tertiary/aromatic N) is 2. The highest BCUT2D eigenvalue weighted by Crippen LogP contribution is 2.02. The second-order valence-electron chi connectivity index (χ2n) is 2.19. The van der Waals surface area contributed by atoms with Gasteiger partial charge in [-0.25, -0.2) is 0 Å². The molecule has 0 atom stereocenters. The standard InChI is InChI=1S/C7H11N2O/c1-2-3-4-5-7-6-8-9-10-7/h6H,1-5H2. The highest BCUT2D eigenvalue weighted by atomic mass is 16.5. The molecule has 0 aliphatic carbocycles. The van der Waals surface area contributed by atoms with E-state index in [9.17, 15) is 0 Å². The Morgan fingerprint density at radius 3 is 3.00 bits per heavy atom. The fourth-order valence-electron chi connectivity index (χ4n) is 0.774. The van der Waals surface area contributed by atoms with Crippen LogP contribution in [0.2, 0.25) is 0 Å². The van der Waals surface area contributed by atoms with Crippen LogP contribution in [0.25, 0.3) is 0 Å². The third-order valence-electron chi connectivity index (χ3n) is 1.33. The van der Waals surface area contributed by atoms with E-state index in [0.717, 1.165) is 31.4 Å². The van der Waals surface area contributed by atoms with Crippen molar-refractivity contribution in [3.63, 3.8) is 0 Å². The first-order valence-electron chi connectivity index (χ1n) is 3.49. The Morgan fingerprint density at radius 2 is 2.40 bits per heavy atom. The van der Waals surface area contributed by atoms with E-state index < -0.39 is 0 Å². The van der Waals surface area contributed by atoms with Gasteiger partial charge in [-0.1, -0.05) is 19.8 Å². The monoisotopic (exact) mass is 139 g/mol. The molecule has 0 aliphatic heterocycles. The topological polar surface area (TPSA) is 38.9 Å². The Morgan fingerprint density at radius 1 is 1.50 bits per heavy atom. The van der Waals surface area contributed by atoms with Gasteiger partial charge in [0.2, 0.25) is 0 Å². The first-order valence-corrected chi connectivity index (χ1v) is 3.49. The first-order chi connectivity index (χ1) is 4.93. The highest BCUT2D eigenvalue weighted by Gasteiger charge is 1.95. The van der Waals surface area contributed by atoms with E-state index in [1.807, 2.05) is 0 Å². The highest BCUT2D eigenvalue weighted by molar-refractivity contribution is 4.84. The number of hydrogen-bond donors (Lipinski definition) is 0. The lowest BCUT2D eigenvalue weighted by Gasteiger charge is -1.90. The van der Waals surface area contributed by atoms with E-state index in [-0.39, 0.29) is 0 Å². The van der Waals surface area contributed by atoms with E-state index in [4.69, 9.17) is 4.52 Å². The molecular formula is C7H11N2O. The van der Waals surface area contributed by atoms with Gasteiger partial charge in [0.1, 0.15) is 0 Å². The van der Waals surface area contributed by atoms with Crippen molar-refractivity contribution in [1.82, 2.24) is 10.4 Å². The summed E-state index contributed by atoms with van der Waals surface area (Å²) in [6, 6.07) is 0. The molecule has 0 amide bonds. The molecule has 55 valence electrons. The Kier molecular flexibility index (Phi) is 2.93. The average molecular weight is 139 g/mol. The SMILES string of the molecule is [CH2]CCCCc1cnno1. The number of rotatable bonds is 4. The van der Waals surface area contributed by atoms with Crippen LogP contribution in [-0.2, 0) is 6.42 Å². The fourth-order valence-corrected chi connectivity index (χ4v) is 0.774. The van der Waals surface area contributed by atoms with Gasteiger partial charge in [0.15, 0.2) is 5.76 Å². The maximum atomic E-state index is 4.80. The number of unbranched alkanes of at least 4 members (excludes halogenated alkanes) is 2. The zero-order valence-corrected chi connectivity index (χ0v) is 5.92. The van der Waals surface area contributed by atoms with Gasteiger partial charge in [-0.05, 0) is 6.42 Å². The lowest BCUT2D eigenvalue weighted by molar-refractivity contribution is 0.359. The van der Waals surface area contributed by atoms with E-state index >= 15 is 0 Å². The van der Waals surface area contributed by atoms with E-state index in [0.29, 0.717) is 0 Å². The normalized spacial score (nSPS) is 10.1. The predicted octanol–water partition coefficient (Wildman–Crippen LogP) is 1.62. The maximum absolute atomic E-state index is 4.80. The maximum Gasteiger partial charge on any atom is 0.157 e. The van der Waals surface area contributed by atoms with Crippen molar-refractivity contribution in [2.24, 2.45) is 0 Å². The van der Waals surface area contributed by atoms with Gasteiger partial charge >= 0.3 is 0 Å². The molecule has 0 aromatic carbocycles. The zero-order chi connectivity index (χ0) is 7.23. The Labute approximate surface area is 60.4 Å². The van der Waals surface area contributed by atoms with Crippen LogP contribution in [0.1, 0.15) is 25.0 Å². The van der Waals surface area contributed by atoms with Gasteiger partial charge in [-0.3, -0.25) is 0 Å². The summed E-state index contributed by atoms with van der Waals surface area (Å²) in [5.41, 5.74) is 0. The zero-order valence-electron chi connectivity index (χ0n) is 5.92. The summed E-state index contributed by atoms with van der Waals surface area (Å²) in [4.78, 5) is 0. The van der Waals surface area contributed by atoms with Crippen LogP contribution in [0.5, 0.6) is 0 Å². The molecule has 1 aromatic heterocycles. The van der Waals surface area contributed by atoms with Gasteiger partial charge in [-0.15, -0.1) is 5.10 Å². The van der Waals surface area contributed by atoms with E-state index in [1.54, 1.807) is 6.20 Å². The molecule has 0 saturated carbocycles. The van der Waals surface area contributed by atoms with Crippen LogP contribution < -0.4 is 0 Å². The molecular weight excluding hydrogens is 128 g/mol. The minimum absolute atomic E-state index is 0.869. The molecule has 10 heavy (non-hydrogen) atoms. The molecule has 0 bridgehead atoms. The Balaban J connectivity index is 2.15. The van der Waals surface area contributed by atoms with Crippen LogP contribution >= 0.6 is 0 Å². The van der Waals surface area contributed by atoms with Crippen molar-refractivity contribution in [2.45, 2.75) is 25.7 Å². The second kappa shape index (κ2) is 4.04. The average Bonchev–Trinajstić information content (AvgIpc) is 2.41. The quantitative estimate of drug-likeness (QED) is 0.595. The summed E-state index contributed by atoms with van der Waals surface area (Å²) in [7, 11) is 0. The molecule has 0 unspecified atom stereocenters. The van der Waals surface area contributed by atoms with Gasteiger partial charge < -0.3 is 4.52 Å². The third kappa shape index (κ3) is 2.17. The molecule has 1 rings (SSSR count). The summed E-state index contributed by atoms with van der Waals surface area (Å²) < 4.78 is 4.80. The van der Waals surface area contributed by atoms with Gasteiger partial charge in [0.05, 0.1) is 6.20 Å². The smallest absolute Gasteiger partial charge is 0.157 e. The second-order valence-corrected chi connectivity index (χ2v) is 2.19. The summed E-state index contributed by atoms with van der Waals surface area (Å²) >= 11 is 0. The molecule has 3 nitrogen and oxygen atoms in total. The van der Waals surface area contributed by atoms with Crippen molar-refractivity contribution >= 4 is 0 Å². The van der Waals surface area contributed by atoms with Crippen LogP contribution in [0.15, 0.2) is 10.7 Å². The molecule has 3 heteroatoms. The van der Waals surface area contributed by atoms with Crippen LogP contribution in [0, 0.1) is 6.92 Å². The fraction of sp³-hybridized carbons (Fsp3) is 0.571. The van der Waals surface area contributed by atoms with E-state index in [1.165, 1.54) is 0 Å². The van der Waals surface area contributed by atoms with Crippen molar-refractivity contribution in [3.8, 4) is 0 Å². The molecule has 0 N–H and O–H groups in total. The van der Waals surface area contributed by atoms with Crippen LogP contribution in [0.4, 0.5) is 0 Å². The summed E-state index contributed by atoms with van der Waals surface area (Å²) in [6.45, 7) is 3.74. The lowest BCUT2D eigenvalue weighted by atomic mass is 10.2. The summed E-state index contributed by atoms with van der Waals surface area (Å²) in [5.74, 6) is 0.869. The van der Waals surface area contributed by atoms with Gasteiger partial charge in [0.25, 0.3) is 0 Å². The third-order valence-corrected chi connectivity index (χ3v) is 1.33. The van der Waals surface area contributed by atoms with Crippen molar-refractivity contribution in [2.75, 3.05) is 0 Å². The number of hydrogen-bond acceptors (Lipinski definition) is 3. The summed E-state index contributed by atoms with van der Waals surface area (Å²) in [6.07, 6.45) is 5.83.